The number of aromatic nitrogens is 2. The van der Waals surface area contributed by atoms with Crippen LogP contribution in [-0.4, -0.2) is 17.0 Å². The number of thiophene rings is 1. The van der Waals surface area contributed by atoms with Crippen molar-refractivity contribution >= 4 is 27.5 Å². The Labute approximate surface area is 123 Å². The second kappa shape index (κ2) is 5.25. The van der Waals surface area contributed by atoms with E-state index < -0.39 is 11.6 Å². The van der Waals surface area contributed by atoms with Crippen LogP contribution < -0.4 is 10.1 Å². The van der Waals surface area contributed by atoms with Crippen LogP contribution in [0.4, 0.5) is 14.7 Å². The van der Waals surface area contributed by atoms with E-state index in [1.165, 1.54) is 23.5 Å². The van der Waals surface area contributed by atoms with Gasteiger partial charge >= 0.3 is 0 Å². The van der Waals surface area contributed by atoms with E-state index in [1.54, 1.807) is 7.05 Å². The molecule has 3 aromatic rings. The molecule has 2 heterocycles. The lowest BCUT2D eigenvalue weighted by molar-refractivity contribution is 0.409. The number of benzene rings is 1. The highest BCUT2D eigenvalue weighted by atomic mass is 32.1. The maximum absolute atomic E-state index is 13.7. The molecule has 0 saturated carbocycles. The first-order valence-corrected chi connectivity index (χ1v) is 6.98. The van der Waals surface area contributed by atoms with E-state index in [2.05, 4.69) is 15.3 Å². The van der Waals surface area contributed by atoms with Gasteiger partial charge in [0.05, 0.1) is 5.39 Å². The number of hydrogen-bond donors (Lipinski definition) is 1. The lowest BCUT2D eigenvalue weighted by Crippen LogP contribution is -1.99. The van der Waals surface area contributed by atoms with Gasteiger partial charge in [-0.3, -0.25) is 0 Å². The van der Waals surface area contributed by atoms with Gasteiger partial charge < -0.3 is 10.1 Å². The molecule has 1 N–H and O–H groups in total. The first-order chi connectivity index (χ1) is 10.1. The van der Waals surface area contributed by atoms with Crippen LogP contribution in [0.15, 0.2) is 24.3 Å². The first kappa shape index (κ1) is 13.7. The average molecular weight is 307 g/mol. The normalized spacial score (nSPS) is 10.9. The number of ether oxygens (including phenoxy) is 1. The zero-order valence-corrected chi connectivity index (χ0v) is 12.1. The van der Waals surface area contributed by atoms with Gasteiger partial charge in [0.15, 0.2) is 11.6 Å². The van der Waals surface area contributed by atoms with Crippen LogP contribution in [0, 0.1) is 18.6 Å². The summed E-state index contributed by atoms with van der Waals surface area (Å²) >= 11 is 1.47. The van der Waals surface area contributed by atoms with Gasteiger partial charge in [-0.1, -0.05) is 6.07 Å². The Morgan fingerprint density at radius 3 is 2.81 bits per heavy atom. The summed E-state index contributed by atoms with van der Waals surface area (Å²) in [6.45, 7) is 1.93. The summed E-state index contributed by atoms with van der Waals surface area (Å²) in [6, 6.07) is 5.62. The first-order valence-electron chi connectivity index (χ1n) is 6.16. The molecule has 0 saturated heterocycles. The quantitative estimate of drug-likeness (QED) is 0.791. The zero-order valence-electron chi connectivity index (χ0n) is 11.3. The highest BCUT2D eigenvalue weighted by Gasteiger charge is 2.15. The van der Waals surface area contributed by atoms with Crippen molar-refractivity contribution in [2.24, 2.45) is 0 Å². The zero-order chi connectivity index (χ0) is 15.0. The minimum absolute atomic E-state index is 0.193. The lowest BCUT2D eigenvalue weighted by atomic mass is 10.3. The van der Waals surface area contributed by atoms with Gasteiger partial charge in [0.1, 0.15) is 4.83 Å². The number of nitrogens with one attached hydrogen (secondary N) is 1. The summed E-state index contributed by atoms with van der Waals surface area (Å²) in [4.78, 5) is 10.2. The smallest absolute Gasteiger partial charge is 0.233 e. The van der Waals surface area contributed by atoms with E-state index in [1.807, 2.05) is 13.0 Å². The van der Waals surface area contributed by atoms with Crippen molar-refractivity contribution in [3.63, 3.8) is 0 Å². The topological polar surface area (TPSA) is 47.0 Å². The molecule has 2 aromatic heterocycles. The molecule has 0 aliphatic carbocycles. The molecule has 21 heavy (non-hydrogen) atoms. The Morgan fingerprint density at radius 2 is 2.05 bits per heavy atom. The molecule has 0 unspecified atom stereocenters. The molecule has 0 spiro atoms. The second-order valence-electron chi connectivity index (χ2n) is 4.33. The van der Waals surface area contributed by atoms with E-state index in [0.717, 1.165) is 15.8 Å². The largest absolute Gasteiger partial charge is 0.435 e. The molecule has 108 valence electrons. The summed E-state index contributed by atoms with van der Waals surface area (Å²) in [5, 5.41) is 3.48. The maximum Gasteiger partial charge on any atom is 0.233 e. The van der Waals surface area contributed by atoms with Crippen LogP contribution in [0.25, 0.3) is 10.2 Å². The summed E-state index contributed by atoms with van der Waals surface area (Å²) in [5.74, 6) is -1.66. The van der Waals surface area contributed by atoms with Gasteiger partial charge in [-0.05, 0) is 25.1 Å². The highest BCUT2D eigenvalue weighted by Crippen LogP contribution is 2.34. The fourth-order valence-corrected chi connectivity index (χ4v) is 2.74. The van der Waals surface area contributed by atoms with E-state index >= 15 is 0 Å². The molecule has 4 nitrogen and oxygen atoms in total. The lowest BCUT2D eigenvalue weighted by Gasteiger charge is -2.08. The Bertz CT molecular complexity index is 819. The van der Waals surface area contributed by atoms with Crippen molar-refractivity contribution in [1.29, 1.82) is 0 Å². The average Bonchev–Trinajstić information content (AvgIpc) is 2.84. The minimum Gasteiger partial charge on any atom is -0.435 e. The van der Waals surface area contributed by atoms with Crippen LogP contribution in [0.5, 0.6) is 11.6 Å². The van der Waals surface area contributed by atoms with Crippen molar-refractivity contribution in [1.82, 2.24) is 9.97 Å². The highest BCUT2D eigenvalue weighted by molar-refractivity contribution is 7.18. The fraction of sp³-hybridized carbons (Fsp3) is 0.143. The summed E-state index contributed by atoms with van der Waals surface area (Å²) < 4.78 is 32.4. The molecule has 0 radical (unpaired) electrons. The van der Waals surface area contributed by atoms with Gasteiger partial charge in [0.25, 0.3) is 0 Å². The van der Waals surface area contributed by atoms with Gasteiger partial charge in [-0.2, -0.15) is 9.37 Å². The Hall–Kier alpha value is -2.28. The number of anilines is 1. The van der Waals surface area contributed by atoms with Crippen molar-refractivity contribution in [3.05, 3.63) is 40.8 Å². The third kappa shape index (κ3) is 2.52. The minimum atomic E-state index is -1.04. The third-order valence-corrected chi connectivity index (χ3v) is 3.77. The fourth-order valence-electron chi connectivity index (χ4n) is 1.87. The van der Waals surface area contributed by atoms with Crippen LogP contribution in [0.3, 0.4) is 0 Å². The molecule has 0 aliphatic rings. The van der Waals surface area contributed by atoms with Crippen LogP contribution >= 0.6 is 11.3 Å². The van der Waals surface area contributed by atoms with Crippen molar-refractivity contribution in [3.8, 4) is 11.6 Å². The molecular formula is C14H11F2N3OS. The third-order valence-electron chi connectivity index (χ3n) is 2.83. The molecular weight excluding hydrogens is 296 g/mol. The van der Waals surface area contributed by atoms with Crippen molar-refractivity contribution < 1.29 is 13.5 Å². The predicted octanol–water partition coefficient (Wildman–Crippen LogP) is 4.11. The summed E-state index contributed by atoms with van der Waals surface area (Å²) in [7, 11) is 1.67. The predicted molar refractivity (Wildman–Crippen MR) is 78.1 cm³/mol. The van der Waals surface area contributed by atoms with E-state index in [-0.39, 0.29) is 11.6 Å². The van der Waals surface area contributed by atoms with Crippen LogP contribution in [0.1, 0.15) is 4.88 Å². The molecule has 7 heteroatoms. The Kier molecular flexibility index (Phi) is 3.42. The number of nitrogens with zero attached hydrogens (tertiary/aromatic N) is 2. The molecule has 0 bridgehead atoms. The monoisotopic (exact) mass is 307 g/mol. The maximum atomic E-state index is 13.7. The van der Waals surface area contributed by atoms with E-state index in [9.17, 15) is 8.78 Å². The number of aryl methyl sites for hydroxylation is 1. The van der Waals surface area contributed by atoms with Gasteiger partial charge in [0.2, 0.25) is 17.6 Å². The van der Waals surface area contributed by atoms with E-state index in [4.69, 9.17) is 4.74 Å². The second-order valence-corrected chi connectivity index (χ2v) is 5.57. The van der Waals surface area contributed by atoms with Crippen molar-refractivity contribution in [2.45, 2.75) is 6.92 Å². The molecule has 3 rings (SSSR count). The number of fused-ring (bicyclic) bond motifs is 1. The number of hydrogen-bond acceptors (Lipinski definition) is 5. The van der Waals surface area contributed by atoms with Gasteiger partial charge in [-0.25, -0.2) is 9.37 Å². The Balaban J connectivity index is 2.12. The van der Waals surface area contributed by atoms with Crippen LogP contribution in [0.2, 0.25) is 0 Å². The van der Waals surface area contributed by atoms with Crippen molar-refractivity contribution in [2.75, 3.05) is 12.4 Å². The SMILES string of the molecule is CNc1nc(Oc2cccc(F)c2F)c2cc(C)sc2n1. The number of rotatable bonds is 3. The summed E-state index contributed by atoms with van der Waals surface area (Å²) in [5.41, 5.74) is 0. The standard InChI is InChI=1S/C14H11F2N3OS/c1-7-6-8-12(18-14(17-2)19-13(8)21-7)20-10-5-3-4-9(15)11(10)16/h3-6H,1-2H3,(H,17,18,19). The van der Waals surface area contributed by atoms with Gasteiger partial charge in [-0.15, -0.1) is 11.3 Å². The molecule has 1 aromatic carbocycles. The Morgan fingerprint density at radius 1 is 1.24 bits per heavy atom. The van der Waals surface area contributed by atoms with Gasteiger partial charge in [0, 0.05) is 11.9 Å². The molecule has 0 amide bonds. The van der Waals surface area contributed by atoms with E-state index in [0.29, 0.717) is 11.3 Å². The number of halogens is 2. The molecule has 0 fully saturated rings. The molecule has 0 atom stereocenters. The van der Waals surface area contributed by atoms with Crippen LogP contribution in [-0.2, 0) is 0 Å². The summed E-state index contributed by atoms with van der Waals surface area (Å²) in [6.07, 6.45) is 0. The molecule has 0 aliphatic heterocycles.